The maximum absolute atomic E-state index is 12.8. The van der Waals surface area contributed by atoms with Gasteiger partial charge in [0.1, 0.15) is 0 Å². The Bertz CT molecular complexity index is 944. The van der Waals surface area contributed by atoms with E-state index >= 15 is 0 Å². The number of carbonyl (C=O) groups is 2. The molecule has 28 heavy (non-hydrogen) atoms. The average molecular weight is 387 g/mol. The second kappa shape index (κ2) is 8.10. The number of esters is 1. The molecule has 0 N–H and O–H groups in total. The maximum atomic E-state index is 12.8. The van der Waals surface area contributed by atoms with Crippen LogP contribution in [0.25, 0.3) is 10.8 Å². The molecule has 3 unspecified atom stereocenters. The fourth-order valence-electron chi connectivity index (χ4n) is 3.48. The molecule has 2 aromatic rings. The van der Waals surface area contributed by atoms with Crippen LogP contribution in [0, 0.1) is 0 Å². The largest absolute Gasteiger partial charge is 0.448 e. The van der Waals surface area contributed by atoms with E-state index in [0.29, 0.717) is 30.4 Å². The first-order valence-corrected chi connectivity index (χ1v) is 9.46. The van der Waals surface area contributed by atoms with Gasteiger partial charge in [0, 0.05) is 25.0 Å². The fraction of sp³-hybridized carbons (Fsp3) is 0.500. The van der Waals surface area contributed by atoms with Crippen molar-refractivity contribution in [1.29, 1.82) is 0 Å². The smallest absolute Gasteiger partial charge is 0.360 e. The zero-order valence-electron chi connectivity index (χ0n) is 16.5. The molecule has 150 valence electrons. The van der Waals surface area contributed by atoms with Crippen molar-refractivity contribution in [3.8, 4) is 0 Å². The third-order valence-corrected chi connectivity index (χ3v) is 4.72. The molecule has 0 saturated carbocycles. The number of fused-ring (bicyclic) bond motifs is 1. The summed E-state index contributed by atoms with van der Waals surface area (Å²) < 4.78 is 12.3. The van der Waals surface area contributed by atoms with Crippen molar-refractivity contribution in [3.63, 3.8) is 0 Å². The zero-order valence-corrected chi connectivity index (χ0v) is 16.5. The number of benzene rings is 1. The molecule has 1 saturated heterocycles. The molecular weight excluding hydrogens is 362 g/mol. The van der Waals surface area contributed by atoms with Crippen molar-refractivity contribution < 1.29 is 19.1 Å². The summed E-state index contributed by atoms with van der Waals surface area (Å²) >= 11 is 0. The van der Waals surface area contributed by atoms with Crippen LogP contribution in [0.4, 0.5) is 0 Å². The van der Waals surface area contributed by atoms with Gasteiger partial charge in [-0.3, -0.25) is 9.59 Å². The van der Waals surface area contributed by atoms with Gasteiger partial charge in [0.25, 0.3) is 11.5 Å². The first kappa shape index (κ1) is 20.0. The Hall–Kier alpha value is -2.74. The number of morpholine rings is 1. The lowest BCUT2D eigenvalue weighted by Crippen LogP contribution is -2.51. The first-order valence-electron chi connectivity index (χ1n) is 9.46. The van der Waals surface area contributed by atoms with Gasteiger partial charge in [0.15, 0.2) is 11.8 Å². The van der Waals surface area contributed by atoms with E-state index in [1.807, 2.05) is 13.8 Å². The normalized spacial score (nSPS) is 20.8. The highest BCUT2D eigenvalue weighted by Gasteiger charge is 2.31. The highest BCUT2D eigenvalue weighted by atomic mass is 16.5. The average Bonchev–Trinajstić information content (AvgIpc) is 2.67. The van der Waals surface area contributed by atoms with Crippen molar-refractivity contribution in [2.45, 2.75) is 52.6 Å². The number of carbonyl (C=O) groups excluding carboxylic acids is 2. The van der Waals surface area contributed by atoms with E-state index in [2.05, 4.69) is 5.10 Å². The predicted octanol–water partition coefficient (Wildman–Crippen LogP) is 1.60. The van der Waals surface area contributed by atoms with E-state index in [1.165, 1.54) is 4.68 Å². The van der Waals surface area contributed by atoms with E-state index in [-0.39, 0.29) is 29.4 Å². The molecule has 0 aliphatic carbocycles. The lowest BCUT2D eigenvalue weighted by atomic mass is 10.1. The van der Waals surface area contributed by atoms with Crippen molar-refractivity contribution in [2.24, 2.45) is 0 Å². The quantitative estimate of drug-likeness (QED) is 0.740. The van der Waals surface area contributed by atoms with Crippen LogP contribution >= 0.6 is 0 Å². The zero-order chi connectivity index (χ0) is 20.4. The highest BCUT2D eigenvalue weighted by Crippen LogP contribution is 2.17. The van der Waals surface area contributed by atoms with Crippen LogP contribution in [-0.4, -0.2) is 58.0 Å². The van der Waals surface area contributed by atoms with Crippen LogP contribution in [0.5, 0.6) is 0 Å². The molecule has 1 fully saturated rings. The third kappa shape index (κ3) is 3.91. The Kier molecular flexibility index (Phi) is 5.79. The van der Waals surface area contributed by atoms with Gasteiger partial charge in [-0.25, -0.2) is 9.48 Å². The van der Waals surface area contributed by atoms with Crippen molar-refractivity contribution >= 4 is 22.6 Å². The first-order chi connectivity index (χ1) is 13.3. The molecule has 3 atom stereocenters. The Morgan fingerprint density at radius 1 is 1.21 bits per heavy atom. The third-order valence-electron chi connectivity index (χ3n) is 4.72. The van der Waals surface area contributed by atoms with Crippen molar-refractivity contribution in [3.05, 3.63) is 40.3 Å². The van der Waals surface area contributed by atoms with Gasteiger partial charge >= 0.3 is 5.97 Å². The highest BCUT2D eigenvalue weighted by molar-refractivity contribution is 6.02. The van der Waals surface area contributed by atoms with Gasteiger partial charge in [-0.05, 0) is 33.8 Å². The Balaban J connectivity index is 1.84. The molecule has 0 spiro atoms. The second-order valence-corrected chi connectivity index (χ2v) is 7.06. The van der Waals surface area contributed by atoms with E-state index in [0.717, 1.165) is 0 Å². The van der Waals surface area contributed by atoms with Gasteiger partial charge in [0.05, 0.1) is 17.6 Å². The van der Waals surface area contributed by atoms with Gasteiger partial charge < -0.3 is 14.4 Å². The number of nitrogens with zero attached hydrogens (tertiary/aromatic N) is 3. The summed E-state index contributed by atoms with van der Waals surface area (Å²) in [6.07, 6.45) is -1.11. The lowest BCUT2D eigenvalue weighted by Gasteiger charge is -2.36. The summed E-state index contributed by atoms with van der Waals surface area (Å²) in [5.74, 6) is -1.00. The summed E-state index contributed by atoms with van der Waals surface area (Å²) in [7, 11) is 0. The number of hydrogen-bond donors (Lipinski definition) is 0. The summed E-state index contributed by atoms with van der Waals surface area (Å²) in [4.78, 5) is 39.5. The minimum Gasteiger partial charge on any atom is -0.448 e. The Labute approximate surface area is 163 Å². The molecule has 8 nitrogen and oxygen atoms in total. The molecule has 1 aromatic carbocycles. The molecule has 1 aromatic heterocycles. The molecule has 3 rings (SSSR count). The molecule has 0 radical (unpaired) electrons. The molecule has 2 heterocycles. The SMILES string of the molecule is CCn1nc(C(=O)OC(C)C(=O)N2CC(C)OC(C)C2)c2ccccc2c1=O. The summed E-state index contributed by atoms with van der Waals surface area (Å²) in [6, 6.07) is 6.75. The summed E-state index contributed by atoms with van der Waals surface area (Å²) in [6.45, 7) is 8.34. The Morgan fingerprint density at radius 2 is 1.82 bits per heavy atom. The molecule has 0 bridgehead atoms. The van der Waals surface area contributed by atoms with Crippen LogP contribution in [0.1, 0.15) is 38.2 Å². The number of amides is 1. The summed E-state index contributed by atoms with van der Waals surface area (Å²) in [5, 5.41) is 4.95. The van der Waals surface area contributed by atoms with Crippen molar-refractivity contribution in [1.82, 2.24) is 14.7 Å². The number of hydrogen-bond acceptors (Lipinski definition) is 6. The lowest BCUT2D eigenvalue weighted by molar-refractivity contribution is -0.151. The number of aryl methyl sites for hydroxylation is 1. The number of ether oxygens (including phenoxy) is 2. The predicted molar refractivity (Wildman–Crippen MR) is 103 cm³/mol. The molecule has 1 aliphatic rings. The fourth-order valence-corrected chi connectivity index (χ4v) is 3.48. The number of rotatable bonds is 4. The van der Waals surface area contributed by atoms with E-state index in [1.54, 1.807) is 43.0 Å². The van der Waals surface area contributed by atoms with Gasteiger partial charge in [-0.1, -0.05) is 18.2 Å². The van der Waals surface area contributed by atoms with Crippen LogP contribution in [0.2, 0.25) is 0 Å². The maximum Gasteiger partial charge on any atom is 0.360 e. The topological polar surface area (TPSA) is 90.7 Å². The van der Waals surface area contributed by atoms with Crippen molar-refractivity contribution in [2.75, 3.05) is 13.1 Å². The van der Waals surface area contributed by atoms with E-state index in [9.17, 15) is 14.4 Å². The second-order valence-electron chi connectivity index (χ2n) is 7.06. The van der Waals surface area contributed by atoms with E-state index < -0.39 is 12.1 Å². The Morgan fingerprint density at radius 3 is 2.43 bits per heavy atom. The molecule has 1 aliphatic heterocycles. The molecule has 8 heteroatoms. The van der Waals surface area contributed by atoms with Crippen LogP contribution in [-0.2, 0) is 20.8 Å². The minimum absolute atomic E-state index is 0.0282. The van der Waals surface area contributed by atoms with Gasteiger partial charge in [-0.2, -0.15) is 5.10 Å². The number of aromatic nitrogens is 2. The van der Waals surface area contributed by atoms with Crippen LogP contribution < -0.4 is 5.56 Å². The summed E-state index contributed by atoms with van der Waals surface area (Å²) in [5.41, 5.74) is -0.240. The van der Waals surface area contributed by atoms with Gasteiger partial charge in [-0.15, -0.1) is 0 Å². The van der Waals surface area contributed by atoms with Gasteiger partial charge in [0.2, 0.25) is 0 Å². The van der Waals surface area contributed by atoms with E-state index in [4.69, 9.17) is 9.47 Å². The van der Waals surface area contributed by atoms with Crippen LogP contribution in [0.15, 0.2) is 29.1 Å². The standard InChI is InChI=1S/C20H25N3O5/c1-5-23-19(25)16-9-7-6-8-15(16)17(21-23)20(26)28-14(4)18(24)22-10-12(2)27-13(3)11-22/h6-9,12-14H,5,10-11H2,1-4H3. The monoisotopic (exact) mass is 387 g/mol. The minimum atomic E-state index is -0.965. The molecule has 1 amide bonds. The molecular formula is C20H25N3O5. The van der Waals surface area contributed by atoms with Crippen LogP contribution in [0.3, 0.4) is 0 Å².